The number of rotatable bonds is 6. The lowest BCUT2D eigenvalue weighted by atomic mass is 10.1. The van der Waals surface area contributed by atoms with Gasteiger partial charge in [0.05, 0.1) is 10.5 Å². The molecule has 0 saturated carbocycles. The number of halogens is 2. The predicted octanol–water partition coefficient (Wildman–Crippen LogP) is 5.23. The molecule has 2 heterocycles. The van der Waals surface area contributed by atoms with Crippen LogP contribution in [0.25, 0.3) is 17.2 Å². The molecule has 172 valence electrons. The summed E-state index contributed by atoms with van der Waals surface area (Å²) in [6.45, 7) is -0.298. The summed E-state index contributed by atoms with van der Waals surface area (Å²) >= 11 is 7.64. The van der Waals surface area contributed by atoms with Crippen molar-refractivity contribution in [3.63, 3.8) is 0 Å². The Labute approximate surface area is 205 Å². The zero-order valence-corrected chi connectivity index (χ0v) is 19.5. The minimum atomic E-state index is -1.08. The van der Waals surface area contributed by atoms with E-state index in [4.69, 9.17) is 17.3 Å². The minimum absolute atomic E-state index is 0.0846. The van der Waals surface area contributed by atoms with Crippen LogP contribution < -0.4 is 5.32 Å². The van der Waals surface area contributed by atoms with E-state index in [1.165, 1.54) is 46.6 Å². The smallest absolute Gasteiger partial charge is 0.335 e. The molecule has 2 amide bonds. The first-order valence-electron chi connectivity index (χ1n) is 9.64. The van der Waals surface area contributed by atoms with Gasteiger partial charge in [-0.3, -0.25) is 14.5 Å². The highest BCUT2D eigenvalue weighted by molar-refractivity contribution is 8.26. The van der Waals surface area contributed by atoms with Crippen molar-refractivity contribution >= 4 is 69.2 Å². The van der Waals surface area contributed by atoms with Crippen LogP contribution in [0.1, 0.15) is 15.2 Å². The number of thiophene rings is 1. The molecule has 2 aromatic carbocycles. The van der Waals surface area contributed by atoms with E-state index >= 15 is 0 Å². The number of benzene rings is 2. The summed E-state index contributed by atoms with van der Waals surface area (Å²) in [4.78, 5) is 38.3. The van der Waals surface area contributed by atoms with Gasteiger partial charge in [-0.25, -0.2) is 13.6 Å². The molecule has 0 bridgehead atoms. The molecule has 34 heavy (non-hydrogen) atoms. The number of carboxylic acid groups (broad SMARTS) is 1. The molecule has 3 aromatic rings. The Hall–Kier alpha value is -3.41. The standard InChI is InChI=1S/C23H14F2N2O4S3/c24-17-6-3-13(8-18(17)25)14-7-16(33-11-14)9-19-21(29)27(23(32)34-19)10-20(28)26-15-4-1-12(2-5-15)22(30)31/h1-9,11H,10H2,(H,26,28)(H,30,31)/b19-9-. The summed E-state index contributed by atoms with van der Waals surface area (Å²) in [6.07, 6.45) is 1.63. The van der Waals surface area contributed by atoms with Crippen LogP contribution in [0.15, 0.2) is 58.8 Å². The van der Waals surface area contributed by atoms with Crippen LogP contribution in [0, 0.1) is 11.6 Å². The zero-order chi connectivity index (χ0) is 24.4. The number of amides is 2. The summed E-state index contributed by atoms with van der Waals surface area (Å²) in [7, 11) is 0. The highest BCUT2D eigenvalue weighted by Gasteiger charge is 2.33. The molecule has 1 aromatic heterocycles. The van der Waals surface area contributed by atoms with E-state index in [-0.39, 0.29) is 16.4 Å². The number of anilines is 1. The second-order valence-electron chi connectivity index (χ2n) is 7.07. The summed E-state index contributed by atoms with van der Waals surface area (Å²) < 4.78 is 26.9. The first-order chi connectivity index (χ1) is 16.2. The van der Waals surface area contributed by atoms with Crippen LogP contribution >= 0.6 is 35.3 Å². The van der Waals surface area contributed by atoms with Gasteiger partial charge >= 0.3 is 5.97 Å². The number of thiocarbonyl (C=S) groups is 1. The number of carboxylic acids is 1. The van der Waals surface area contributed by atoms with Gasteiger partial charge in [-0.1, -0.05) is 30.0 Å². The number of hydrogen-bond donors (Lipinski definition) is 2. The molecular weight excluding hydrogens is 502 g/mol. The van der Waals surface area contributed by atoms with Gasteiger partial charge in [0, 0.05) is 10.6 Å². The van der Waals surface area contributed by atoms with E-state index in [9.17, 15) is 23.2 Å². The Balaban J connectivity index is 1.43. The SMILES string of the molecule is O=C(CN1C(=O)/C(=C/c2cc(-c3ccc(F)c(F)c3)cs2)SC1=S)Nc1ccc(C(=O)O)cc1. The van der Waals surface area contributed by atoms with Crippen molar-refractivity contribution in [3.05, 3.63) is 80.9 Å². The van der Waals surface area contributed by atoms with Gasteiger partial charge in [-0.15, -0.1) is 11.3 Å². The van der Waals surface area contributed by atoms with Crippen LogP contribution in [0.2, 0.25) is 0 Å². The van der Waals surface area contributed by atoms with E-state index in [0.717, 1.165) is 23.9 Å². The van der Waals surface area contributed by atoms with Crippen molar-refractivity contribution in [2.75, 3.05) is 11.9 Å². The van der Waals surface area contributed by atoms with E-state index in [0.29, 0.717) is 26.6 Å². The average Bonchev–Trinajstić information content (AvgIpc) is 3.36. The number of nitrogens with zero attached hydrogens (tertiary/aromatic N) is 1. The molecular formula is C23H14F2N2O4S3. The summed E-state index contributed by atoms with van der Waals surface area (Å²) in [5, 5.41) is 13.3. The summed E-state index contributed by atoms with van der Waals surface area (Å²) in [5.74, 6) is -3.86. The lowest BCUT2D eigenvalue weighted by Crippen LogP contribution is -2.36. The molecule has 6 nitrogen and oxygen atoms in total. The van der Waals surface area contributed by atoms with Crippen molar-refractivity contribution in [2.45, 2.75) is 0 Å². The number of thioether (sulfide) groups is 1. The highest BCUT2D eigenvalue weighted by atomic mass is 32.2. The number of hydrogen-bond acceptors (Lipinski definition) is 6. The summed E-state index contributed by atoms with van der Waals surface area (Å²) in [5.41, 5.74) is 1.66. The fourth-order valence-electron chi connectivity index (χ4n) is 3.06. The quantitative estimate of drug-likeness (QED) is 0.345. The highest BCUT2D eigenvalue weighted by Crippen LogP contribution is 2.35. The molecule has 11 heteroatoms. The molecule has 0 atom stereocenters. The lowest BCUT2D eigenvalue weighted by Gasteiger charge is -2.14. The van der Waals surface area contributed by atoms with Gasteiger partial charge < -0.3 is 10.4 Å². The van der Waals surface area contributed by atoms with Crippen LogP contribution in [0.3, 0.4) is 0 Å². The molecule has 0 unspecified atom stereocenters. The van der Waals surface area contributed by atoms with Crippen molar-refractivity contribution in [3.8, 4) is 11.1 Å². The second-order valence-corrected chi connectivity index (χ2v) is 9.68. The third-order valence-electron chi connectivity index (χ3n) is 4.74. The maximum atomic E-state index is 13.5. The maximum absolute atomic E-state index is 13.5. The fraction of sp³-hybridized carbons (Fsp3) is 0.0435. The molecule has 1 aliphatic rings. The van der Waals surface area contributed by atoms with Crippen molar-refractivity contribution < 1.29 is 28.3 Å². The first-order valence-corrected chi connectivity index (χ1v) is 11.7. The van der Waals surface area contributed by atoms with E-state index in [2.05, 4.69) is 5.32 Å². The molecule has 1 fully saturated rings. The van der Waals surface area contributed by atoms with Crippen molar-refractivity contribution in [1.82, 2.24) is 4.90 Å². The van der Waals surface area contributed by atoms with Gasteiger partial charge in [-0.05, 0) is 65.0 Å². The first kappa shape index (κ1) is 23.7. The zero-order valence-electron chi connectivity index (χ0n) is 17.1. The normalized spacial score (nSPS) is 14.6. The molecule has 2 N–H and O–H groups in total. The van der Waals surface area contributed by atoms with Crippen LogP contribution in [0.4, 0.5) is 14.5 Å². The number of nitrogens with one attached hydrogen (secondary N) is 1. The third-order valence-corrected chi connectivity index (χ3v) is 6.99. The van der Waals surface area contributed by atoms with Gasteiger partial charge in [0.1, 0.15) is 10.9 Å². The Bertz CT molecular complexity index is 1350. The number of carbonyl (C=O) groups excluding carboxylic acids is 2. The van der Waals surface area contributed by atoms with Crippen molar-refractivity contribution in [1.29, 1.82) is 0 Å². The Morgan fingerprint density at radius 1 is 1.06 bits per heavy atom. The van der Waals surface area contributed by atoms with E-state index in [1.807, 2.05) is 0 Å². The third kappa shape index (κ3) is 5.22. The van der Waals surface area contributed by atoms with Crippen LogP contribution in [0.5, 0.6) is 0 Å². The monoisotopic (exact) mass is 516 g/mol. The molecule has 0 aliphatic carbocycles. The largest absolute Gasteiger partial charge is 0.478 e. The molecule has 4 rings (SSSR count). The Kier molecular flexibility index (Phi) is 6.87. The molecule has 1 saturated heterocycles. The topological polar surface area (TPSA) is 86.7 Å². The molecule has 0 radical (unpaired) electrons. The Morgan fingerprint density at radius 3 is 2.47 bits per heavy atom. The number of carbonyl (C=O) groups is 3. The molecule has 0 spiro atoms. The fourth-order valence-corrected chi connectivity index (χ4v) is 5.23. The van der Waals surface area contributed by atoms with Crippen LogP contribution in [-0.4, -0.2) is 38.7 Å². The minimum Gasteiger partial charge on any atom is -0.478 e. The summed E-state index contributed by atoms with van der Waals surface area (Å²) in [6, 6.07) is 11.0. The number of aromatic carboxylic acids is 1. The van der Waals surface area contributed by atoms with E-state index < -0.39 is 29.4 Å². The Morgan fingerprint density at radius 2 is 1.79 bits per heavy atom. The predicted molar refractivity (Wildman–Crippen MR) is 132 cm³/mol. The van der Waals surface area contributed by atoms with Gasteiger partial charge in [0.15, 0.2) is 11.6 Å². The van der Waals surface area contributed by atoms with Gasteiger partial charge in [0.2, 0.25) is 5.91 Å². The second kappa shape index (κ2) is 9.84. The van der Waals surface area contributed by atoms with Crippen LogP contribution in [-0.2, 0) is 9.59 Å². The molecule has 1 aliphatic heterocycles. The lowest BCUT2D eigenvalue weighted by molar-refractivity contribution is -0.126. The van der Waals surface area contributed by atoms with Gasteiger partial charge in [-0.2, -0.15) is 0 Å². The van der Waals surface area contributed by atoms with E-state index in [1.54, 1.807) is 17.5 Å². The van der Waals surface area contributed by atoms with Crippen molar-refractivity contribution in [2.24, 2.45) is 0 Å². The average molecular weight is 517 g/mol. The van der Waals surface area contributed by atoms with Gasteiger partial charge in [0.25, 0.3) is 5.91 Å². The maximum Gasteiger partial charge on any atom is 0.335 e.